The zero-order valence-corrected chi connectivity index (χ0v) is 15.7. The Morgan fingerprint density at radius 3 is 2.63 bits per heavy atom. The average molecular weight is 368 g/mol. The van der Waals surface area contributed by atoms with Crippen LogP contribution in [0.15, 0.2) is 17.2 Å². The van der Waals surface area contributed by atoms with E-state index in [4.69, 9.17) is 4.52 Å². The molecule has 9 heteroatoms. The van der Waals surface area contributed by atoms with E-state index in [-0.39, 0.29) is 5.92 Å². The first-order valence-corrected chi connectivity index (χ1v) is 9.66. The first-order chi connectivity index (χ1) is 13.2. The van der Waals surface area contributed by atoms with Crippen LogP contribution in [0.3, 0.4) is 0 Å². The quantitative estimate of drug-likeness (QED) is 0.675. The summed E-state index contributed by atoms with van der Waals surface area (Å²) in [7, 11) is 0. The van der Waals surface area contributed by atoms with Crippen molar-refractivity contribution in [1.82, 2.24) is 34.6 Å². The van der Waals surface area contributed by atoms with Gasteiger partial charge in [0.05, 0.1) is 12.9 Å². The van der Waals surface area contributed by atoms with Crippen molar-refractivity contribution in [3.8, 4) is 0 Å². The minimum atomic E-state index is 0.287. The SMILES string of the molecule is CC(C)c1noc(CN2CCN(c3ncnc4c3ncn4C3CC3)CC2)n1. The lowest BCUT2D eigenvalue weighted by molar-refractivity contribution is 0.215. The molecular weight excluding hydrogens is 344 g/mol. The third kappa shape index (κ3) is 3.16. The molecule has 1 aliphatic carbocycles. The van der Waals surface area contributed by atoms with Gasteiger partial charge in [0.15, 0.2) is 22.8 Å². The Morgan fingerprint density at radius 2 is 1.93 bits per heavy atom. The highest BCUT2D eigenvalue weighted by atomic mass is 16.5. The Balaban J connectivity index is 1.27. The van der Waals surface area contributed by atoms with Crippen molar-refractivity contribution >= 4 is 17.0 Å². The third-order valence-electron chi connectivity index (χ3n) is 5.31. The van der Waals surface area contributed by atoms with Crippen LogP contribution in [0.2, 0.25) is 0 Å². The molecule has 1 saturated carbocycles. The molecule has 3 aromatic rings. The zero-order valence-electron chi connectivity index (χ0n) is 15.7. The summed E-state index contributed by atoms with van der Waals surface area (Å²) in [5.41, 5.74) is 1.87. The van der Waals surface area contributed by atoms with Crippen LogP contribution in [0, 0.1) is 0 Å². The number of anilines is 1. The molecule has 0 N–H and O–H groups in total. The topological polar surface area (TPSA) is 89.0 Å². The Morgan fingerprint density at radius 1 is 1.11 bits per heavy atom. The van der Waals surface area contributed by atoms with Crippen LogP contribution >= 0.6 is 0 Å². The lowest BCUT2D eigenvalue weighted by Crippen LogP contribution is -2.46. The molecule has 0 unspecified atom stereocenters. The molecule has 0 spiro atoms. The summed E-state index contributed by atoms with van der Waals surface area (Å²) in [5.74, 6) is 2.70. The molecule has 5 rings (SSSR count). The number of piperazine rings is 1. The Hall–Kier alpha value is -2.55. The molecule has 9 nitrogen and oxygen atoms in total. The van der Waals surface area contributed by atoms with E-state index >= 15 is 0 Å². The van der Waals surface area contributed by atoms with Crippen LogP contribution in [0.5, 0.6) is 0 Å². The molecule has 2 aliphatic rings. The molecule has 0 bridgehead atoms. The number of hydrogen-bond donors (Lipinski definition) is 0. The maximum absolute atomic E-state index is 5.38. The Kier molecular flexibility index (Phi) is 4.04. The molecule has 0 atom stereocenters. The fraction of sp³-hybridized carbons (Fsp3) is 0.611. The van der Waals surface area contributed by atoms with E-state index in [2.05, 4.69) is 53.3 Å². The van der Waals surface area contributed by atoms with Crippen LogP contribution < -0.4 is 4.90 Å². The summed E-state index contributed by atoms with van der Waals surface area (Å²) in [4.78, 5) is 22.7. The summed E-state index contributed by atoms with van der Waals surface area (Å²) in [6, 6.07) is 0.569. The van der Waals surface area contributed by atoms with Crippen molar-refractivity contribution in [3.63, 3.8) is 0 Å². The second kappa shape index (κ2) is 6.56. The van der Waals surface area contributed by atoms with Gasteiger partial charge in [-0.3, -0.25) is 4.90 Å². The highest BCUT2D eigenvalue weighted by Crippen LogP contribution is 2.37. The maximum atomic E-state index is 5.38. The van der Waals surface area contributed by atoms with Crippen LogP contribution in [0.25, 0.3) is 11.2 Å². The summed E-state index contributed by atoms with van der Waals surface area (Å²) in [6.07, 6.45) is 6.02. The number of rotatable bonds is 5. The second-order valence-corrected chi connectivity index (χ2v) is 7.72. The predicted molar refractivity (Wildman–Crippen MR) is 99.5 cm³/mol. The summed E-state index contributed by atoms with van der Waals surface area (Å²) >= 11 is 0. The summed E-state index contributed by atoms with van der Waals surface area (Å²) < 4.78 is 7.57. The molecule has 3 aromatic heterocycles. The molecule has 1 aliphatic heterocycles. The van der Waals surface area contributed by atoms with Gasteiger partial charge in [-0.2, -0.15) is 4.98 Å². The molecule has 142 valence electrons. The number of aromatic nitrogens is 6. The summed E-state index contributed by atoms with van der Waals surface area (Å²) in [5, 5.41) is 4.05. The fourth-order valence-electron chi connectivity index (χ4n) is 3.57. The first-order valence-electron chi connectivity index (χ1n) is 9.66. The van der Waals surface area contributed by atoms with Crippen molar-refractivity contribution in [1.29, 1.82) is 0 Å². The first kappa shape index (κ1) is 16.6. The van der Waals surface area contributed by atoms with Gasteiger partial charge in [-0.05, 0) is 12.8 Å². The highest BCUT2D eigenvalue weighted by molar-refractivity contribution is 5.83. The van der Waals surface area contributed by atoms with Crippen LogP contribution in [0.4, 0.5) is 5.82 Å². The predicted octanol–water partition coefficient (Wildman–Crippen LogP) is 1.99. The van der Waals surface area contributed by atoms with Gasteiger partial charge in [0.25, 0.3) is 0 Å². The molecule has 0 radical (unpaired) electrons. The van der Waals surface area contributed by atoms with Crippen molar-refractivity contribution in [2.45, 2.75) is 45.2 Å². The smallest absolute Gasteiger partial charge is 0.240 e. The van der Waals surface area contributed by atoms with Gasteiger partial charge in [0, 0.05) is 38.1 Å². The van der Waals surface area contributed by atoms with Crippen LogP contribution in [-0.4, -0.2) is 60.7 Å². The van der Waals surface area contributed by atoms with Gasteiger partial charge in [-0.15, -0.1) is 0 Å². The van der Waals surface area contributed by atoms with Gasteiger partial charge in [-0.25, -0.2) is 15.0 Å². The van der Waals surface area contributed by atoms with E-state index in [1.165, 1.54) is 12.8 Å². The van der Waals surface area contributed by atoms with E-state index < -0.39 is 0 Å². The van der Waals surface area contributed by atoms with Crippen LogP contribution in [0.1, 0.15) is 50.4 Å². The standard InChI is InChI=1S/C18H24N8O/c1-12(2)16-22-14(27-23-16)9-24-5-7-25(8-6-24)17-15-18(20-10-19-17)26(11-21-15)13-3-4-13/h10-13H,3-9H2,1-2H3. The van der Waals surface area contributed by atoms with Crippen LogP contribution in [-0.2, 0) is 6.54 Å². The average Bonchev–Trinajstić information content (AvgIpc) is 3.25. The van der Waals surface area contributed by atoms with E-state index in [9.17, 15) is 0 Å². The Bertz CT molecular complexity index is 936. The lowest BCUT2D eigenvalue weighted by Gasteiger charge is -2.34. The summed E-state index contributed by atoms with van der Waals surface area (Å²) in [6.45, 7) is 8.48. The number of nitrogens with zero attached hydrogens (tertiary/aromatic N) is 8. The molecule has 2 fully saturated rings. The number of hydrogen-bond acceptors (Lipinski definition) is 8. The molecule has 0 aromatic carbocycles. The molecule has 0 amide bonds. The second-order valence-electron chi connectivity index (χ2n) is 7.72. The van der Waals surface area contributed by atoms with Crippen molar-refractivity contribution in [3.05, 3.63) is 24.4 Å². The van der Waals surface area contributed by atoms with Gasteiger partial charge < -0.3 is 14.0 Å². The molecule has 1 saturated heterocycles. The minimum Gasteiger partial charge on any atom is -0.352 e. The zero-order chi connectivity index (χ0) is 18.4. The largest absolute Gasteiger partial charge is 0.352 e. The normalized spacial score (nSPS) is 18.7. The monoisotopic (exact) mass is 368 g/mol. The highest BCUT2D eigenvalue weighted by Gasteiger charge is 2.28. The van der Waals surface area contributed by atoms with E-state index in [0.29, 0.717) is 18.5 Å². The van der Waals surface area contributed by atoms with Gasteiger partial charge >= 0.3 is 0 Å². The lowest BCUT2D eigenvalue weighted by atomic mass is 10.2. The Labute approximate surface area is 157 Å². The van der Waals surface area contributed by atoms with Crippen molar-refractivity contribution < 1.29 is 4.52 Å². The van der Waals surface area contributed by atoms with Gasteiger partial charge in [-0.1, -0.05) is 19.0 Å². The third-order valence-corrected chi connectivity index (χ3v) is 5.31. The number of imidazole rings is 1. The van der Waals surface area contributed by atoms with Crippen molar-refractivity contribution in [2.24, 2.45) is 0 Å². The van der Waals surface area contributed by atoms with E-state index in [0.717, 1.165) is 49.0 Å². The van der Waals surface area contributed by atoms with Crippen molar-refractivity contribution in [2.75, 3.05) is 31.1 Å². The van der Waals surface area contributed by atoms with Gasteiger partial charge in [0.1, 0.15) is 6.33 Å². The van der Waals surface area contributed by atoms with Gasteiger partial charge in [0.2, 0.25) is 5.89 Å². The molecule has 4 heterocycles. The molecule has 27 heavy (non-hydrogen) atoms. The van der Waals surface area contributed by atoms with E-state index in [1.807, 2.05) is 6.33 Å². The van der Waals surface area contributed by atoms with E-state index in [1.54, 1.807) is 6.33 Å². The fourth-order valence-corrected chi connectivity index (χ4v) is 3.57. The number of fused-ring (bicyclic) bond motifs is 1. The minimum absolute atomic E-state index is 0.287. The molecular formula is C18H24N8O. The maximum Gasteiger partial charge on any atom is 0.240 e.